The van der Waals surface area contributed by atoms with Gasteiger partial charge in [0.2, 0.25) is 5.89 Å². The summed E-state index contributed by atoms with van der Waals surface area (Å²) in [6, 6.07) is 0. The van der Waals surface area contributed by atoms with E-state index in [0.717, 1.165) is 6.42 Å². The zero-order chi connectivity index (χ0) is 14.0. The van der Waals surface area contributed by atoms with Crippen LogP contribution in [0.4, 0.5) is 0 Å². The monoisotopic (exact) mass is 304 g/mol. The van der Waals surface area contributed by atoms with E-state index in [1.165, 1.54) is 6.20 Å². The molecule has 9 heteroatoms. The summed E-state index contributed by atoms with van der Waals surface area (Å²) in [6.45, 7) is 3.96. The Bertz CT molecular complexity index is 677. The first-order chi connectivity index (χ1) is 8.90. The lowest BCUT2D eigenvalue weighted by Gasteiger charge is -2.02. The lowest BCUT2D eigenvalue weighted by atomic mass is 10.3. The fraction of sp³-hybridized carbons (Fsp3) is 0.500. The molecule has 0 N–H and O–H groups in total. The van der Waals surface area contributed by atoms with Crippen LogP contribution in [0.5, 0.6) is 0 Å². The van der Waals surface area contributed by atoms with Gasteiger partial charge in [0.1, 0.15) is 5.82 Å². The first-order valence-electron chi connectivity index (χ1n) is 5.70. The van der Waals surface area contributed by atoms with Crippen LogP contribution in [0.15, 0.2) is 15.7 Å². The molecule has 0 atom stereocenters. The molecule has 0 unspecified atom stereocenters. The van der Waals surface area contributed by atoms with Crippen LogP contribution in [-0.2, 0) is 22.0 Å². The van der Waals surface area contributed by atoms with Gasteiger partial charge >= 0.3 is 0 Å². The predicted molar refractivity (Wildman–Crippen MR) is 67.4 cm³/mol. The van der Waals surface area contributed by atoms with Gasteiger partial charge in [-0.15, -0.1) is 0 Å². The maximum absolute atomic E-state index is 11.3. The third kappa shape index (κ3) is 3.32. The Morgan fingerprint density at radius 3 is 2.68 bits per heavy atom. The van der Waals surface area contributed by atoms with Crippen LogP contribution in [0.1, 0.15) is 30.9 Å². The molecule has 0 amide bonds. The quantitative estimate of drug-likeness (QED) is 0.777. The molecule has 2 aromatic heterocycles. The number of nitrogens with zero attached hydrogens (tertiary/aromatic N) is 4. The molecule has 0 saturated heterocycles. The summed E-state index contributed by atoms with van der Waals surface area (Å²) in [5, 5.41) is 3.61. The molecule has 0 aliphatic rings. The number of imidazole rings is 1. The Hall–Kier alpha value is -1.41. The van der Waals surface area contributed by atoms with E-state index in [9.17, 15) is 8.42 Å². The van der Waals surface area contributed by atoms with Crippen molar-refractivity contribution < 1.29 is 12.9 Å². The second kappa shape index (κ2) is 5.30. The summed E-state index contributed by atoms with van der Waals surface area (Å²) >= 11 is 0. The molecule has 0 aromatic carbocycles. The van der Waals surface area contributed by atoms with E-state index in [-0.39, 0.29) is 5.03 Å². The lowest BCUT2D eigenvalue weighted by Crippen LogP contribution is -2.05. The van der Waals surface area contributed by atoms with Gasteiger partial charge in [0, 0.05) is 30.2 Å². The minimum absolute atomic E-state index is 0.155. The van der Waals surface area contributed by atoms with Crippen LogP contribution in [0.25, 0.3) is 0 Å². The summed E-state index contributed by atoms with van der Waals surface area (Å²) in [5.74, 6) is 1.55. The van der Waals surface area contributed by atoms with Gasteiger partial charge in [0.15, 0.2) is 10.9 Å². The summed E-state index contributed by atoms with van der Waals surface area (Å²) in [7, 11) is 1.46. The van der Waals surface area contributed by atoms with Crippen LogP contribution in [-0.4, -0.2) is 28.1 Å². The van der Waals surface area contributed by atoms with E-state index in [0.29, 0.717) is 30.5 Å². The van der Waals surface area contributed by atoms with E-state index in [1.54, 1.807) is 11.5 Å². The maximum Gasteiger partial charge on any atom is 0.280 e. The standard InChI is InChI=1S/C10H13ClN4O3S/c1-3-4-9-13-10(19(11,16)17)6-15(9)5-8-12-7(2)18-14-8/h6H,3-5H2,1-2H3. The van der Waals surface area contributed by atoms with Crippen LogP contribution in [0, 0.1) is 6.92 Å². The van der Waals surface area contributed by atoms with Crippen molar-refractivity contribution in [3.63, 3.8) is 0 Å². The molecule has 0 saturated carbocycles. The zero-order valence-electron chi connectivity index (χ0n) is 10.5. The Labute approximate surface area is 115 Å². The van der Waals surface area contributed by atoms with Gasteiger partial charge in [-0.3, -0.25) is 0 Å². The minimum atomic E-state index is -3.83. The Balaban J connectivity index is 2.35. The molecule has 0 fully saturated rings. The second-order valence-electron chi connectivity index (χ2n) is 4.04. The Morgan fingerprint density at radius 1 is 1.42 bits per heavy atom. The fourth-order valence-corrected chi connectivity index (χ4v) is 2.35. The molecule has 7 nitrogen and oxygen atoms in total. The molecule has 0 radical (unpaired) electrons. The topological polar surface area (TPSA) is 90.9 Å². The molecule has 0 bridgehead atoms. The molecule has 104 valence electrons. The minimum Gasteiger partial charge on any atom is -0.340 e. The highest BCUT2D eigenvalue weighted by atomic mass is 35.7. The van der Waals surface area contributed by atoms with Crippen molar-refractivity contribution in [1.82, 2.24) is 19.7 Å². The number of rotatable bonds is 5. The first kappa shape index (κ1) is 14.0. The Kier molecular flexibility index (Phi) is 3.91. The van der Waals surface area contributed by atoms with Crippen LogP contribution < -0.4 is 0 Å². The molecule has 0 spiro atoms. The van der Waals surface area contributed by atoms with Crippen LogP contribution >= 0.6 is 10.7 Å². The van der Waals surface area contributed by atoms with E-state index in [1.807, 2.05) is 6.92 Å². The van der Waals surface area contributed by atoms with E-state index < -0.39 is 9.05 Å². The van der Waals surface area contributed by atoms with Gasteiger partial charge in [-0.25, -0.2) is 13.4 Å². The summed E-state index contributed by atoms with van der Waals surface area (Å²) in [4.78, 5) is 8.10. The van der Waals surface area contributed by atoms with Crippen molar-refractivity contribution in [2.45, 2.75) is 38.3 Å². The van der Waals surface area contributed by atoms with Gasteiger partial charge < -0.3 is 9.09 Å². The molecular weight excluding hydrogens is 292 g/mol. The van der Waals surface area contributed by atoms with E-state index in [2.05, 4.69) is 15.1 Å². The molecule has 19 heavy (non-hydrogen) atoms. The van der Waals surface area contributed by atoms with E-state index in [4.69, 9.17) is 15.2 Å². The highest BCUT2D eigenvalue weighted by Gasteiger charge is 2.18. The number of hydrogen-bond donors (Lipinski definition) is 0. The normalized spacial score (nSPS) is 11.9. The Morgan fingerprint density at radius 2 is 2.16 bits per heavy atom. The predicted octanol–water partition coefficient (Wildman–Crippen LogP) is 1.50. The number of aromatic nitrogens is 4. The first-order valence-corrected chi connectivity index (χ1v) is 8.01. The molecule has 0 aliphatic heterocycles. The van der Waals surface area contributed by atoms with E-state index >= 15 is 0 Å². The number of hydrogen-bond acceptors (Lipinski definition) is 6. The number of halogens is 1. The van der Waals surface area contributed by atoms with Gasteiger partial charge in [0.25, 0.3) is 9.05 Å². The summed E-state index contributed by atoms with van der Waals surface area (Å²) < 4.78 is 29.1. The van der Waals surface area contributed by atoms with Crippen molar-refractivity contribution in [3.05, 3.63) is 23.7 Å². The smallest absolute Gasteiger partial charge is 0.280 e. The van der Waals surface area contributed by atoms with Gasteiger partial charge in [0.05, 0.1) is 6.54 Å². The van der Waals surface area contributed by atoms with Crippen molar-refractivity contribution in [2.75, 3.05) is 0 Å². The summed E-state index contributed by atoms with van der Waals surface area (Å²) in [5.41, 5.74) is 0. The van der Waals surface area contributed by atoms with Crippen molar-refractivity contribution >= 4 is 19.7 Å². The third-order valence-electron chi connectivity index (χ3n) is 2.44. The lowest BCUT2D eigenvalue weighted by molar-refractivity contribution is 0.386. The molecular formula is C10H13ClN4O3S. The summed E-state index contributed by atoms with van der Waals surface area (Å²) in [6.07, 6.45) is 2.87. The highest BCUT2D eigenvalue weighted by molar-refractivity contribution is 8.13. The van der Waals surface area contributed by atoms with Crippen molar-refractivity contribution in [2.24, 2.45) is 0 Å². The average Bonchev–Trinajstić information content (AvgIpc) is 2.87. The van der Waals surface area contributed by atoms with Crippen molar-refractivity contribution in [3.8, 4) is 0 Å². The molecule has 2 aromatic rings. The van der Waals surface area contributed by atoms with Crippen LogP contribution in [0.2, 0.25) is 0 Å². The van der Waals surface area contributed by atoms with Gasteiger partial charge in [-0.1, -0.05) is 12.1 Å². The average molecular weight is 305 g/mol. The highest BCUT2D eigenvalue weighted by Crippen LogP contribution is 2.16. The fourth-order valence-electron chi connectivity index (χ4n) is 1.66. The zero-order valence-corrected chi connectivity index (χ0v) is 12.1. The van der Waals surface area contributed by atoms with Gasteiger partial charge in [-0.05, 0) is 6.42 Å². The second-order valence-corrected chi connectivity index (χ2v) is 6.55. The van der Waals surface area contributed by atoms with Crippen molar-refractivity contribution in [1.29, 1.82) is 0 Å². The molecule has 2 rings (SSSR count). The third-order valence-corrected chi connectivity index (χ3v) is 3.61. The molecule has 2 heterocycles. The SMILES string of the molecule is CCCc1nc(S(=O)(=O)Cl)cn1Cc1noc(C)n1. The van der Waals surface area contributed by atoms with Gasteiger partial charge in [-0.2, -0.15) is 4.98 Å². The van der Waals surface area contributed by atoms with Crippen LogP contribution in [0.3, 0.4) is 0 Å². The largest absolute Gasteiger partial charge is 0.340 e. The number of aryl methyl sites for hydroxylation is 2. The molecule has 0 aliphatic carbocycles. The maximum atomic E-state index is 11.3.